The molecule has 0 bridgehead atoms. The van der Waals surface area contributed by atoms with Crippen molar-refractivity contribution in [1.82, 2.24) is 5.32 Å². The third kappa shape index (κ3) is 6.05. The number of nitrogens with one attached hydrogen (secondary N) is 2. The van der Waals surface area contributed by atoms with E-state index in [9.17, 15) is 9.59 Å². The Morgan fingerprint density at radius 1 is 0.958 bits per heavy atom. The largest absolute Gasteiger partial charge is 0.385 e. The minimum absolute atomic E-state index is 0.0109. The van der Waals surface area contributed by atoms with Gasteiger partial charge in [0.1, 0.15) is 0 Å². The number of halogens is 1. The van der Waals surface area contributed by atoms with Crippen LogP contribution in [0.5, 0.6) is 0 Å². The Kier molecular flexibility index (Phi) is 6.82. The Hall–Kier alpha value is -2.33. The van der Waals surface area contributed by atoms with Gasteiger partial charge in [-0.05, 0) is 55.3 Å². The van der Waals surface area contributed by atoms with Gasteiger partial charge in [0, 0.05) is 35.8 Å². The number of carbonyl (C=O) groups excluding carboxylic acids is 2. The van der Waals surface area contributed by atoms with Crippen LogP contribution >= 0.6 is 11.6 Å². The SMILES string of the molecule is CC(=O)c1ccc(NCCC(=O)NCCc2ccc(Cl)cc2)cc1. The van der Waals surface area contributed by atoms with Crippen molar-refractivity contribution in [1.29, 1.82) is 0 Å². The van der Waals surface area contributed by atoms with Crippen LogP contribution < -0.4 is 10.6 Å². The van der Waals surface area contributed by atoms with Crippen LogP contribution in [-0.2, 0) is 11.2 Å². The average Bonchev–Trinajstić information content (AvgIpc) is 2.57. The zero-order valence-electron chi connectivity index (χ0n) is 13.6. The van der Waals surface area contributed by atoms with Crippen LogP contribution in [0.15, 0.2) is 48.5 Å². The molecule has 0 aliphatic carbocycles. The van der Waals surface area contributed by atoms with Gasteiger partial charge in [0.25, 0.3) is 0 Å². The van der Waals surface area contributed by atoms with Crippen molar-refractivity contribution in [3.8, 4) is 0 Å². The van der Waals surface area contributed by atoms with E-state index in [1.54, 1.807) is 12.1 Å². The second kappa shape index (κ2) is 9.08. The van der Waals surface area contributed by atoms with E-state index in [1.165, 1.54) is 6.92 Å². The number of rotatable bonds is 8. The van der Waals surface area contributed by atoms with Gasteiger partial charge in [-0.15, -0.1) is 0 Å². The average molecular weight is 345 g/mol. The second-order valence-corrected chi connectivity index (χ2v) is 5.97. The summed E-state index contributed by atoms with van der Waals surface area (Å²) < 4.78 is 0. The molecule has 0 atom stereocenters. The van der Waals surface area contributed by atoms with Crippen molar-refractivity contribution in [2.45, 2.75) is 19.8 Å². The molecular formula is C19H21ClN2O2. The maximum Gasteiger partial charge on any atom is 0.221 e. The summed E-state index contributed by atoms with van der Waals surface area (Å²) in [5, 5.41) is 6.78. The molecule has 2 rings (SSSR count). The summed E-state index contributed by atoms with van der Waals surface area (Å²) in [5.41, 5.74) is 2.72. The fourth-order valence-electron chi connectivity index (χ4n) is 2.23. The van der Waals surface area contributed by atoms with Crippen LogP contribution in [0.4, 0.5) is 5.69 Å². The van der Waals surface area contributed by atoms with Crippen LogP contribution in [-0.4, -0.2) is 24.8 Å². The molecule has 0 aliphatic heterocycles. The lowest BCUT2D eigenvalue weighted by Crippen LogP contribution is -2.27. The molecule has 0 heterocycles. The summed E-state index contributed by atoms with van der Waals surface area (Å²) in [6.45, 7) is 2.69. The van der Waals surface area contributed by atoms with Crippen LogP contribution in [0.25, 0.3) is 0 Å². The van der Waals surface area contributed by atoms with E-state index in [2.05, 4.69) is 10.6 Å². The van der Waals surface area contributed by atoms with E-state index >= 15 is 0 Å². The zero-order chi connectivity index (χ0) is 17.4. The molecule has 0 saturated heterocycles. The number of carbonyl (C=O) groups is 2. The summed E-state index contributed by atoms with van der Waals surface area (Å²) in [6, 6.07) is 14.8. The van der Waals surface area contributed by atoms with Crippen molar-refractivity contribution in [3.05, 3.63) is 64.7 Å². The molecule has 4 nitrogen and oxygen atoms in total. The maximum atomic E-state index is 11.8. The number of Topliss-reactive ketones (excluding diaryl/α,β-unsaturated/α-hetero) is 1. The summed E-state index contributed by atoms with van der Waals surface area (Å²) in [6.07, 6.45) is 1.18. The molecule has 0 unspecified atom stereocenters. The number of hydrogen-bond donors (Lipinski definition) is 2. The monoisotopic (exact) mass is 344 g/mol. The maximum absolute atomic E-state index is 11.8. The molecule has 1 amide bonds. The van der Waals surface area contributed by atoms with Gasteiger partial charge in [-0.25, -0.2) is 0 Å². The minimum Gasteiger partial charge on any atom is -0.385 e. The molecule has 5 heteroatoms. The van der Waals surface area contributed by atoms with E-state index < -0.39 is 0 Å². The Morgan fingerprint density at radius 3 is 2.25 bits per heavy atom. The summed E-state index contributed by atoms with van der Waals surface area (Å²) in [5.74, 6) is 0.0541. The Morgan fingerprint density at radius 2 is 1.62 bits per heavy atom. The lowest BCUT2D eigenvalue weighted by Gasteiger charge is -2.08. The fraction of sp³-hybridized carbons (Fsp3) is 0.263. The third-order valence-corrected chi connectivity index (χ3v) is 3.87. The van der Waals surface area contributed by atoms with Crippen molar-refractivity contribution in [3.63, 3.8) is 0 Å². The van der Waals surface area contributed by atoms with Crippen LogP contribution in [0, 0.1) is 0 Å². The number of benzene rings is 2. The Balaban J connectivity index is 1.64. The number of anilines is 1. The molecule has 126 valence electrons. The Bertz CT molecular complexity index is 682. The first-order valence-corrected chi connectivity index (χ1v) is 8.28. The van der Waals surface area contributed by atoms with Gasteiger partial charge < -0.3 is 10.6 Å². The minimum atomic E-state index is 0.0109. The van der Waals surface area contributed by atoms with E-state index in [1.807, 2.05) is 36.4 Å². The zero-order valence-corrected chi connectivity index (χ0v) is 14.4. The van der Waals surface area contributed by atoms with Gasteiger partial charge in [-0.2, -0.15) is 0 Å². The van der Waals surface area contributed by atoms with Crippen molar-refractivity contribution >= 4 is 29.0 Å². The molecule has 0 radical (unpaired) electrons. The summed E-state index contributed by atoms with van der Waals surface area (Å²) >= 11 is 5.83. The number of hydrogen-bond acceptors (Lipinski definition) is 3. The normalized spacial score (nSPS) is 10.2. The van der Waals surface area contributed by atoms with Crippen molar-refractivity contribution in [2.75, 3.05) is 18.4 Å². The first kappa shape index (κ1) is 18.0. The lowest BCUT2D eigenvalue weighted by molar-refractivity contribution is -0.120. The van der Waals surface area contributed by atoms with E-state index in [4.69, 9.17) is 11.6 Å². The molecule has 0 spiro atoms. The van der Waals surface area contributed by atoms with E-state index in [-0.39, 0.29) is 11.7 Å². The van der Waals surface area contributed by atoms with E-state index in [0.29, 0.717) is 30.1 Å². The predicted molar refractivity (Wildman–Crippen MR) is 97.7 cm³/mol. The molecule has 2 N–H and O–H groups in total. The highest BCUT2D eigenvalue weighted by molar-refractivity contribution is 6.30. The van der Waals surface area contributed by atoms with Crippen molar-refractivity contribution < 1.29 is 9.59 Å². The topological polar surface area (TPSA) is 58.2 Å². The second-order valence-electron chi connectivity index (χ2n) is 5.54. The van der Waals surface area contributed by atoms with Gasteiger partial charge in [0.2, 0.25) is 5.91 Å². The smallest absolute Gasteiger partial charge is 0.221 e. The van der Waals surface area contributed by atoms with Gasteiger partial charge >= 0.3 is 0 Å². The Labute approximate surface area is 147 Å². The molecule has 24 heavy (non-hydrogen) atoms. The first-order chi connectivity index (χ1) is 11.5. The molecule has 0 fully saturated rings. The summed E-state index contributed by atoms with van der Waals surface area (Å²) in [4.78, 5) is 23.0. The molecule has 0 saturated carbocycles. The van der Waals surface area contributed by atoms with Crippen LogP contribution in [0.3, 0.4) is 0 Å². The number of ketones is 1. The van der Waals surface area contributed by atoms with Crippen LogP contribution in [0.2, 0.25) is 5.02 Å². The highest BCUT2D eigenvalue weighted by atomic mass is 35.5. The first-order valence-electron chi connectivity index (χ1n) is 7.90. The van der Waals surface area contributed by atoms with Gasteiger partial charge in [-0.3, -0.25) is 9.59 Å². The summed E-state index contributed by atoms with van der Waals surface area (Å²) in [7, 11) is 0. The van der Waals surface area contributed by atoms with Gasteiger partial charge in [0.15, 0.2) is 5.78 Å². The molecule has 0 aliphatic rings. The quantitative estimate of drug-likeness (QED) is 0.718. The van der Waals surface area contributed by atoms with E-state index in [0.717, 1.165) is 17.7 Å². The molecule has 0 aromatic heterocycles. The number of amides is 1. The molecule has 2 aromatic carbocycles. The molecule has 2 aromatic rings. The van der Waals surface area contributed by atoms with Crippen molar-refractivity contribution in [2.24, 2.45) is 0 Å². The predicted octanol–water partition coefficient (Wildman–Crippen LogP) is 3.70. The van der Waals surface area contributed by atoms with Crippen LogP contribution in [0.1, 0.15) is 29.3 Å². The van der Waals surface area contributed by atoms with Gasteiger partial charge in [0.05, 0.1) is 0 Å². The fourth-order valence-corrected chi connectivity index (χ4v) is 2.35. The highest BCUT2D eigenvalue weighted by Crippen LogP contribution is 2.10. The van der Waals surface area contributed by atoms with Gasteiger partial charge in [-0.1, -0.05) is 23.7 Å². The third-order valence-electron chi connectivity index (χ3n) is 3.62. The lowest BCUT2D eigenvalue weighted by atomic mass is 10.1. The highest BCUT2D eigenvalue weighted by Gasteiger charge is 2.02. The molecular weight excluding hydrogens is 324 g/mol. The standard InChI is InChI=1S/C19H21ClN2O2/c1-14(23)16-4-8-18(9-5-16)21-13-11-19(24)22-12-10-15-2-6-17(20)7-3-15/h2-9,21H,10-13H2,1H3,(H,22,24).